The second-order valence-corrected chi connectivity index (χ2v) is 5.48. The van der Waals surface area contributed by atoms with Crippen molar-refractivity contribution in [3.05, 3.63) is 46.7 Å². The van der Waals surface area contributed by atoms with Gasteiger partial charge in [0.2, 0.25) is 0 Å². The highest BCUT2D eigenvalue weighted by Gasteiger charge is 2.24. The lowest BCUT2D eigenvalue weighted by atomic mass is 10.2. The van der Waals surface area contributed by atoms with Gasteiger partial charge >= 0.3 is 0 Å². The van der Waals surface area contributed by atoms with E-state index < -0.39 is 0 Å². The highest BCUT2D eigenvalue weighted by atomic mass is 32.1. The molecule has 0 bridgehead atoms. The zero-order valence-corrected chi connectivity index (χ0v) is 11.6. The summed E-state index contributed by atoms with van der Waals surface area (Å²) in [5, 5.41) is 0. The average molecular weight is 291 g/mol. The lowest BCUT2D eigenvalue weighted by Crippen LogP contribution is -2.48. The number of benzene rings is 1. The third kappa shape index (κ3) is 2.51. The summed E-state index contributed by atoms with van der Waals surface area (Å²) < 4.78 is 13.7. The van der Waals surface area contributed by atoms with Crippen molar-refractivity contribution in [2.75, 3.05) is 31.1 Å². The molecule has 2 aromatic rings. The Hall–Kier alpha value is -1.95. The molecule has 1 aromatic carbocycles. The Labute approximate surface area is 120 Å². The maximum Gasteiger partial charge on any atom is 0.265 e. The summed E-state index contributed by atoms with van der Waals surface area (Å²) in [7, 11) is 0. The number of aromatic nitrogens is 1. The molecule has 20 heavy (non-hydrogen) atoms. The zero-order valence-electron chi connectivity index (χ0n) is 10.8. The minimum Gasteiger partial charge on any atom is -0.366 e. The summed E-state index contributed by atoms with van der Waals surface area (Å²) in [5.74, 6) is -0.199. The Morgan fingerprint density at radius 1 is 1.20 bits per heavy atom. The van der Waals surface area contributed by atoms with Crippen LogP contribution in [0, 0.1) is 5.82 Å². The molecule has 0 N–H and O–H groups in total. The fourth-order valence-electron chi connectivity index (χ4n) is 2.34. The van der Waals surface area contributed by atoms with Crippen LogP contribution >= 0.6 is 11.3 Å². The number of amides is 1. The maximum absolute atomic E-state index is 13.7. The van der Waals surface area contributed by atoms with E-state index in [0.717, 1.165) is 0 Å². The minimum atomic E-state index is -0.213. The molecule has 1 aromatic heterocycles. The maximum atomic E-state index is 13.7. The first-order valence-corrected chi connectivity index (χ1v) is 7.31. The van der Waals surface area contributed by atoms with Gasteiger partial charge in [-0.05, 0) is 12.1 Å². The van der Waals surface area contributed by atoms with E-state index >= 15 is 0 Å². The van der Waals surface area contributed by atoms with Gasteiger partial charge in [-0.3, -0.25) is 9.78 Å². The van der Waals surface area contributed by atoms with Crippen LogP contribution in [0.15, 0.2) is 36.0 Å². The van der Waals surface area contributed by atoms with E-state index in [1.54, 1.807) is 28.7 Å². The van der Waals surface area contributed by atoms with Crippen molar-refractivity contribution >= 4 is 22.9 Å². The van der Waals surface area contributed by atoms with Gasteiger partial charge in [0.25, 0.3) is 5.91 Å². The molecule has 2 heterocycles. The summed E-state index contributed by atoms with van der Waals surface area (Å²) in [6.07, 6.45) is 1.59. The van der Waals surface area contributed by atoms with E-state index in [0.29, 0.717) is 36.7 Å². The normalized spacial score (nSPS) is 15.4. The second kappa shape index (κ2) is 5.58. The number of rotatable bonds is 2. The number of hydrogen-bond acceptors (Lipinski definition) is 4. The Kier molecular flexibility index (Phi) is 3.64. The van der Waals surface area contributed by atoms with Gasteiger partial charge in [0, 0.05) is 26.2 Å². The molecule has 1 fully saturated rings. The van der Waals surface area contributed by atoms with Gasteiger partial charge in [0.15, 0.2) is 0 Å². The first-order valence-electron chi connectivity index (χ1n) is 6.43. The quantitative estimate of drug-likeness (QED) is 0.851. The molecule has 3 rings (SSSR count). The molecule has 6 heteroatoms. The van der Waals surface area contributed by atoms with Crippen molar-refractivity contribution < 1.29 is 9.18 Å². The van der Waals surface area contributed by atoms with Gasteiger partial charge in [0.1, 0.15) is 10.7 Å². The third-order valence-electron chi connectivity index (χ3n) is 3.40. The lowest BCUT2D eigenvalue weighted by molar-refractivity contribution is 0.0751. The van der Waals surface area contributed by atoms with Gasteiger partial charge in [0.05, 0.1) is 17.4 Å². The smallest absolute Gasteiger partial charge is 0.265 e. The predicted octanol–water partition coefficient (Wildman–Crippen LogP) is 2.24. The van der Waals surface area contributed by atoms with E-state index in [-0.39, 0.29) is 11.7 Å². The Morgan fingerprint density at radius 3 is 2.60 bits per heavy atom. The molecule has 0 unspecified atom stereocenters. The lowest BCUT2D eigenvalue weighted by Gasteiger charge is -2.36. The number of carbonyl (C=O) groups is 1. The fraction of sp³-hybridized carbons (Fsp3) is 0.286. The van der Waals surface area contributed by atoms with Gasteiger partial charge in [-0.1, -0.05) is 12.1 Å². The number of piperazine rings is 1. The minimum absolute atomic E-state index is 0.0145. The number of anilines is 1. The highest BCUT2D eigenvalue weighted by molar-refractivity contribution is 7.11. The van der Waals surface area contributed by atoms with Crippen LogP contribution in [-0.2, 0) is 0 Å². The van der Waals surface area contributed by atoms with E-state index in [4.69, 9.17) is 0 Å². The Balaban J connectivity index is 1.65. The van der Waals surface area contributed by atoms with Crippen LogP contribution < -0.4 is 4.90 Å². The molecular weight excluding hydrogens is 277 g/mol. The summed E-state index contributed by atoms with van der Waals surface area (Å²) in [5.41, 5.74) is 2.26. The van der Waals surface area contributed by atoms with Crippen molar-refractivity contribution in [1.82, 2.24) is 9.88 Å². The predicted molar refractivity (Wildman–Crippen MR) is 76.6 cm³/mol. The number of halogens is 1. The van der Waals surface area contributed by atoms with Crippen molar-refractivity contribution in [1.29, 1.82) is 0 Å². The standard InChI is InChI=1S/C14H14FN3OS/c15-11-3-1-2-4-12(11)17-5-7-18(8-6-17)14(19)13-9-16-10-20-13/h1-4,9-10H,5-8H2. The SMILES string of the molecule is O=C(c1cncs1)N1CCN(c2ccccc2F)CC1. The van der Waals surface area contributed by atoms with Crippen LogP contribution in [0.3, 0.4) is 0 Å². The second-order valence-electron chi connectivity index (χ2n) is 4.60. The average Bonchev–Trinajstić information content (AvgIpc) is 3.01. The number of hydrogen-bond donors (Lipinski definition) is 0. The molecular formula is C14H14FN3OS. The molecule has 0 saturated carbocycles. The van der Waals surface area contributed by atoms with Crippen LogP contribution in [-0.4, -0.2) is 42.0 Å². The molecule has 0 radical (unpaired) electrons. The fourth-order valence-corrected chi connectivity index (χ4v) is 2.92. The number of nitrogens with zero attached hydrogens (tertiary/aromatic N) is 3. The summed E-state index contributed by atoms with van der Waals surface area (Å²) in [4.78, 5) is 20.5. The van der Waals surface area contributed by atoms with Crippen LogP contribution in [0.1, 0.15) is 9.67 Å². The van der Waals surface area contributed by atoms with E-state index in [9.17, 15) is 9.18 Å². The molecule has 1 aliphatic heterocycles. The van der Waals surface area contributed by atoms with Gasteiger partial charge < -0.3 is 9.80 Å². The van der Waals surface area contributed by atoms with E-state index in [1.165, 1.54) is 17.4 Å². The third-order valence-corrected chi connectivity index (χ3v) is 4.16. The van der Waals surface area contributed by atoms with E-state index in [2.05, 4.69) is 4.98 Å². The molecule has 104 valence electrons. The first kappa shape index (κ1) is 13.1. The van der Waals surface area contributed by atoms with Crippen molar-refractivity contribution in [3.8, 4) is 0 Å². The van der Waals surface area contributed by atoms with Crippen LogP contribution in [0.2, 0.25) is 0 Å². The van der Waals surface area contributed by atoms with Gasteiger partial charge in [-0.25, -0.2) is 4.39 Å². The largest absolute Gasteiger partial charge is 0.366 e. The van der Waals surface area contributed by atoms with Crippen molar-refractivity contribution in [2.45, 2.75) is 0 Å². The molecule has 1 amide bonds. The van der Waals surface area contributed by atoms with Crippen LogP contribution in [0.4, 0.5) is 10.1 Å². The monoisotopic (exact) mass is 291 g/mol. The number of carbonyl (C=O) groups excluding carboxylic acids is 1. The van der Waals surface area contributed by atoms with E-state index in [1.807, 2.05) is 11.0 Å². The Morgan fingerprint density at radius 2 is 1.95 bits per heavy atom. The van der Waals surface area contributed by atoms with Crippen LogP contribution in [0.5, 0.6) is 0 Å². The molecule has 0 atom stereocenters. The molecule has 0 aliphatic carbocycles. The zero-order chi connectivity index (χ0) is 13.9. The summed E-state index contributed by atoms with van der Waals surface area (Å²) >= 11 is 1.35. The molecule has 1 saturated heterocycles. The highest BCUT2D eigenvalue weighted by Crippen LogP contribution is 2.21. The van der Waals surface area contributed by atoms with Crippen molar-refractivity contribution in [3.63, 3.8) is 0 Å². The summed E-state index contributed by atoms with van der Waals surface area (Å²) in [6, 6.07) is 6.75. The van der Waals surface area contributed by atoms with Gasteiger partial charge in [-0.15, -0.1) is 11.3 Å². The molecule has 4 nitrogen and oxygen atoms in total. The van der Waals surface area contributed by atoms with Gasteiger partial charge in [-0.2, -0.15) is 0 Å². The number of para-hydroxylation sites is 1. The Bertz CT molecular complexity index is 594. The first-order chi connectivity index (χ1) is 9.75. The number of thiazole rings is 1. The van der Waals surface area contributed by atoms with Crippen molar-refractivity contribution in [2.24, 2.45) is 0 Å². The van der Waals surface area contributed by atoms with Crippen LogP contribution in [0.25, 0.3) is 0 Å². The molecule has 1 aliphatic rings. The topological polar surface area (TPSA) is 36.4 Å². The molecule has 0 spiro atoms. The summed E-state index contributed by atoms with van der Waals surface area (Å²) in [6.45, 7) is 2.49.